The molecule has 29 heavy (non-hydrogen) atoms. The number of methoxy groups -OCH3 is 1. The number of halogens is 2. The zero-order valence-electron chi connectivity index (χ0n) is 15.4. The minimum Gasteiger partial charge on any atom is -0.465 e. The molecule has 0 aliphatic heterocycles. The number of hydrogen-bond donors (Lipinski definition) is 1. The van der Waals surface area contributed by atoms with E-state index >= 15 is 0 Å². The smallest absolute Gasteiger partial charge is 0.339 e. The molecule has 0 spiro atoms. The summed E-state index contributed by atoms with van der Waals surface area (Å²) >= 11 is 13.3. The van der Waals surface area contributed by atoms with Crippen LogP contribution in [0.25, 0.3) is 10.4 Å². The van der Waals surface area contributed by atoms with E-state index in [2.05, 4.69) is 5.32 Å². The van der Waals surface area contributed by atoms with E-state index in [1.807, 2.05) is 6.07 Å². The SMILES string of the molecule is COC(=O)c1cc(-c2ccc(C(C)=O)s2)ccc1NC(=O)c1ccc(Cl)cc1Cl. The monoisotopic (exact) mass is 447 g/mol. The summed E-state index contributed by atoms with van der Waals surface area (Å²) in [5.41, 5.74) is 1.41. The van der Waals surface area contributed by atoms with Gasteiger partial charge in [-0.2, -0.15) is 0 Å². The Bertz CT molecular complexity index is 1120. The summed E-state index contributed by atoms with van der Waals surface area (Å²) in [6, 6.07) is 13.0. The van der Waals surface area contributed by atoms with Gasteiger partial charge in [0.2, 0.25) is 0 Å². The van der Waals surface area contributed by atoms with Crippen molar-refractivity contribution in [1.29, 1.82) is 0 Å². The number of thiophene rings is 1. The van der Waals surface area contributed by atoms with Gasteiger partial charge in [-0.25, -0.2) is 4.79 Å². The molecule has 1 heterocycles. The van der Waals surface area contributed by atoms with Gasteiger partial charge in [-0.15, -0.1) is 11.3 Å². The van der Waals surface area contributed by atoms with Crippen LogP contribution in [0.3, 0.4) is 0 Å². The molecule has 0 saturated carbocycles. The maximum Gasteiger partial charge on any atom is 0.339 e. The molecule has 3 aromatic rings. The van der Waals surface area contributed by atoms with Gasteiger partial charge in [-0.1, -0.05) is 29.3 Å². The molecule has 1 amide bonds. The molecular weight excluding hydrogens is 433 g/mol. The third-order valence-corrected chi connectivity index (χ3v) is 5.87. The fourth-order valence-corrected chi connectivity index (χ4v) is 4.02. The number of rotatable bonds is 5. The van der Waals surface area contributed by atoms with Crippen molar-refractivity contribution in [3.63, 3.8) is 0 Å². The van der Waals surface area contributed by atoms with Crippen LogP contribution in [-0.2, 0) is 4.74 Å². The topological polar surface area (TPSA) is 72.5 Å². The summed E-state index contributed by atoms with van der Waals surface area (Å²) in [5, 5.41) is 3.29. The average molecular weight is 448 g/mol. The minimum atomic E-state index is -0.604. The fourth-order valence-electron chi connectivity index (χ4n) is 2.63. The number of ether oxygens (including phenoxy) is 1. The van der Waals surface area contributed by atoms with Crippen LogP contribution in [0.1, 0.15) is 37.3 Å². The highest BCUT2D eigenvalue weighted by Gasteiger charge is 2.18. The maximum atomic E-state index is 12.6. The number of benzene rings is 2. The predicted molar refractivity (Wildman–Crippen MR) is 116 cm³/mol. The van der Waals surface area contributed by atoms with Gasteiger partial charge in [0.05, 0.1) is 33.8 Å². The van der Waals surface area contributed by atoms with E-state index in [-0.39, 0.29) is 27.6 Å². The zero-order valence-corrected chi connectivity index (χ0v) is 17.7. The Labute approximate surface area is 181 Å². The minimum absolute atomic E-state index is 0.0295. The summed E-state index contributed by atoms with van der Waals surface area (Å²) in [5.74, 6) is -1.12. The molecule has 1 N–H and O–H groups in total. The molecule has 0 atom stereocenters. The van der Waals surface area contributed by atoms with Crippen LogP contribution < -0.4 is 5.32 Å². The normalized spacial score (nSPS) is 10.5. The standard InChI is InChI=1S/C21H15Cl2NO4S/c1-11(25)18-7-8-19(29-18)12-3-6-17(15(9-12)21(27)28-2)24-20(26)14-5-4-13(22)10-16(14)23/h3-10H,1-2H3,(H,24,26). The van der Waals surface area contributed by atoms with Crippen LogP contribution in [0.15, 0.2) is 48.5 Å². The maximum absolute atomic E-state index is 12.6. The molecule has 0 saturated heterocycles. The molecule has 2 aromatic carbocycles. The van der Waals surface area contributed by atoms with Crippen molar-refractivity contribution in [2.24, 2.45) is 0 Å². The van der Waals surface area contributed by atoms with Crippen molar-refractivity contribution >= 4 is 57.9 Å². The number of nitrogens with one attached hydrogen (secondary N) is 1. The van der Waals surface area contributed by atoms with Crippen LogP contribution in [0.2, 0.25) is 10.0 Å². The highest BCUT2D eigenvalue weighted by atomic mass is 35.5. The Hall–Kier alpha value is -2.67. The third kappa shape index (κ3) is 4.67. The molecule has 0 aliphatic rings. The second kappa shape index (κ2) is 8.78. The lowest BCUT2D eigenvalue weighted by molar-refractivity contribution is 0.0602. The van der Waals surface area contributed by atoms with Gasteiger partial charge in [0.1, 0.15) is 0 Å². The van der Waals surface area contributed by atoms with Crippen molar-refractivity contribution in [2.45, 2.75) is 6.92 Å². The van der Waals surface area contributed by atoms with Gasteiger partial charge in [0.25, 0.3) is 5.91 Å². The van der Waals surface area contributed by atoms with Crippen molar-refractivity contribution in [3.8, 4) is 10.4 Å². The lowest BCUT2D eigenvalue weighted by Gasteiger charge is -2.12. The Morgan fingerprint density at radius 3 is 2.34 bits per heavy atom. The molecule has 5 nitrogen and oxygen atoms in total. The number of Topliss-reactive ketones (excluding diaryl/α,β-unsaturated/α-hetero) is 1. The molecular formula is C21H15Cl2NO4S. The van der Waals surface area contributed by atoms with E-state index in [1.165, 1.54) is 37.5 Å². The van der Waals surface area contributed by atoms with E-state index in [1.54, 1.807) is 30.3 Å². The lowest BCUT2D eigenvalue weighted by atomic mass is 10.1. The van der Waals surface area contributed by atoms with E-state index in [9.17, 15) is 14.4 Å². The fraction of sp³-hybridized carbons (Fsp3) is 0.0952. The Kier molecular flexibility index (Phi) is 6.37. The zero-order chi connectivity index (χ0) is 21.1. The molecule has 0 radical (unpaired) electrons. The van der Waals surface area contributed by atoms with Gasteiger partial charge in [0, 0.05) is 9.90 Å². The molecule has 0 fully saturated rings. The summed E-state index contributed by atoms with van der Waals surface area (Å²) in [6.45, 7) is 1.50. The summed E-state index contributed by atoms with van der Waals surface area (Å²) < 4.78 is 4.85. The predicted octanol–water partition coefficient (Wildman–Crippen LogP) is 5.96. The first-order valence-corrected chi connectivity index (χ1v) is 9.97. The first kappa shape index (κ1) is 21.0. The molecule has 0 unspecified atom stereocenters. The van der Waals surface area contributed by atoms with Crippen molar-refractivity contribution in [1.82, 2.24) is 0 Å². The third-order valence-electron chi connectivity index (χ3n) is 4.09. The first-order chi connectivity index (χ1) is 13.8. The molecule has 148 valence electrons. The van der Waals surface area contributed by atoms with Gasteiger partial charge in [0.15, 0.2) is 5.78 Å². The molecule has 0 bridgehead atoms. The number of carbonyl (C=O) groups is 3. The number of amides is 1. The van der Waals surface area contributed by atoms with Crippen LogP contribution in [0.5, 0.6) is 0 Å². The second-order valence-corrected chi connectivity index (χ2v) is 7.98. The first-order valence-electron chi connectivity index (χ1n) is 8.40. The number of ketones is 1. The van der Waals surface area contributed by atoms with Crippen LogP contribution in [-0.4, -0.2) is 24.8 Å². The van der Waals surface area contributed by atoms with Gasteiger partial charge >= 0.3 is 5.97 Å². The summed E-state index contributed by atoms with van der Waals surface area (Å²) in [4.78, 5) is 37.9. The quantitative estimate of drug-likeness (QED) is 0.386. The Balaban J connectivity index is 1.96. The Morgan fingerprint density at radius 2 is 1.72 bits per heavy atom. The van der Waals surface area contributed by atoms with E-state index in [4.69, 9.17) is 27.9 Å². The number of esters is 1. The molecule has 1 aromatic heterocycles. The van der Waals surface area contributed by atoms with Crippen molar-refractivity contribution < 1.29 is 19.1 Å². The van der Waals surface area contributed by atoms with Crippen LogP contribution >= 0.6 is 34.5 Å². The highest BCUT2D eigenvalue weighted by molar-refractivity contribution is 7.17. The second-order valence-electron chi connectivity index (χ2n) is 6.05. The molecule has 3 rings (SSSR count). The largest absolute Gasteiger partial charge is 0.465 e. The molecule has 8 heteroatoms. The van der Waals surface area contributed by atoms with E-state index in [0.717, 1.165) is 10.4 Å². The summed E-state index contributed by atoms with van der Waals surface area (Å²) in [7, 11) is 1.26. The van der Waals surface area contributed by atoms with E-state index < -0.39 is 11.9 Å². The van der Waals surface area contributed by atoms with E-state index in [0.29, 0.717) is 9.90 Å². The number of anilines is 1. The highest BCUT2D eigenvalue weighted by Crippen LogP contribution is 2.32. The molecule has 0 aliphatic carbocycles. The summed E-state index contributed by atoms with van der Waals surface area (Å²) in [6.07, 6.45) is 0. The van der Waals surface area contributed by atoms with Crippen LogP contribution in [0, 0.1) is 0 Å². The van der Waals surface area contributed by atoms with Gasteiger partial charge < -0.3 is 10.1 Å². The van der Waals surface area contributed by atoms with Gasteiger partial charge in [-0.3, -0.25) is 9.59 Å². The lowest BCUT2D eigenvalue weighted by Crippen LogP contribution is -2.16. The number of hydrogen-bond acceptors (Lipinski definition) is 5. The number of carbonyl (C=O) groups excluding carboxylic acids is 3. The van der Waals surface area contributed by atoms with Crippen LogP contribution in [0.4, 0.5) is 5.69 Å². The van der Waals surface area contributed by atoms with Gasteiger partial charge in [-0.05, 0) is 55.0 Å². The average Bonchev–Trinajstić information content (AvgIpc) is 3.18. The Morgan fingerprint density at radius 1 is 0.966 bits per heavy atom. The van der Waals surface area contributed by atoms with Crippen molar-refractivity contribution in [2.75, 3.05) is 12.4 Å². The van der Waals surface area contributed by atoms with Crippen molar-refractivity contribution in [3.05, 3.63) is 74.6 Å².